The van der Waals surface area contributed by atoms with Crippen LogP contribution in [0.25, 0.3) is 0 Å². The molecule has 0 bridgehead atoms. The number of esters is 1. The maximum absolute atomic E-state index is 12.1. The molecule has 1 saturated heterocycles. The highest BCUT2D eigenvalue weighted by molar-refractivity contribution is 5.89. The number of nitrogens with one attached hydrogen (secondary N) is 1. The van der Waals surface area contributed by atoms with Gasteiger partial charge in [0.15, 0.2) is 0 Å². The van der Waals surface area contributed by atoms with Crippen molar-refractivity contribution in [1.82, 2.24) is 4.90 Å². The molecule has 0 aliphatic carbocycles. The van der Waals surface area contributed by atoms with E-state index >= 15 is 0 Å². The summed E-state index contributed by atoms with van der Waals surface area (Å²) >= 11 is 0. The number of carbonyl (C=O) groups is 2. The molecule has 20 heavy (non-hydrogen) atoms. The van der Waals surface area contributed by atoms with E-state index in [0.717, 1.165) is 18.5 Å². The van der Waals surface area contributed by atoms with E-state index in [-0.39, 0.29) is 17.9 Å². The first-order valence-corrected chi connectivity index (χ1v) is 6.89. The second kappa shape index (κ2) is 6.93. The Morgan fingerprint density at radius 3 is 2.90 bits per heavy atom. The van der Waals surface area contributed by atoms with E-state index in [1.165, 1.54) is 0 Å². The molecule has 1 fully saturated rings. The van der Waals surface area contributed by atoms with Crippen molar-refractivity contribution in [2.24, 2.45) is 5.92 Å². The molecule has 0 saturated carbocycles. The Kier molecular flexibility index (Phi) is 4.98. The average molecular weight is 275 g/mol. The van der Waals surface area contributed by atoms with E-state index in [1.807, 2.05) is 0 Å². The SMILES string of the molecule is CCOC(=O)C1CCCN(C(=O)Nc2cc[c]cc2)C1. The second-order valence-electron chi connectivity index (χ2n) is 4.76. The fraction of sp³-hybridized carbons (Fsp3) is 0.467. The molecule has 1 N–H and O–H groups in total. The van der Waals surface area contributed by atoms with Crippen LogP contribution in [0, 0.1) is 12.0 Å². The molecule has 1 heterocycles. The summed E-state index contributed by atoms with van der Waals surface area (Å²) < 4.78 is 5.03. The summed E-state index contributed by atoms with van der Waals surface area (Å²) in [7, 11) is 0. The lowest BCUT2D eigenvalue weighted by molar-refractivity contribution is -0.149. The van der Waals surface area contributed by atoms with Crippen LogP contribution in [-0.4, -0.2) is 36.6 Å². The fourth-order valence-electron chi connectivity index (χ4n) is 2.29. The quantitative estimate of drug-likeness (QED) is 0.861. The normalized spacial score (nSPS) is 18.4. The number of ether oxygens (including phenoxy) is 1. The van der Waals surface area contributed by atoms with Gasteiger partial charge in [-0.2, -0.15) is 0 Å². The molecular weight excluding hydrogens is 256 g/mol. The molecule has 1 radical (unpaired) electrons. The van der Waals surface area contributed by atoms with Crippen LogP contribution in [0.15, 0.2) is 24.3 Å². The Hall–Kier alpha value is -2.04. The maximum Gasteiger partial charge on any atom is 0.321 e. The smallest absolute Gasteiger partial charge is 0.321 e. The summed E-state index contributed by atoms with van der Waals surface area (Å²) in [6, 6.07) is 9.77. The number of amides is 2. The summed E-state index contributed by atoms with van der Waals surface area (Å²) in [5.74, 6) is -0.419. The number of likely N-dealkylation sites (tertiary alicyclic amines) is 1. The highest BCUT2D eigenvalue weighted by Gasteiger charge is 2.29. The molecular formula is C15H19N2O3. The lowest BCUT2D eigenvalue weighted by atomic mass is 9.98. The van der Waals surface area contributed by atoms with Gasteiger partial charge in [0, 0.05) is 18.8 Å². The Morgan fingerprint density at radius 1 is 1.45 bits per heavy atom. The van der Waals surface area contributed by atoms with Crippen molar-refractivity contribution in [3.05, 3.63) is 30.3 Å². The van der Waals surface area contributed by atoms with E-state index in [2.05, 4.69) is 11.4 Å². The van der Waals surface area contributed by atoms with Crippen molar-refractivity contribution in [3.63, 3.8) is 0 Å². The zero-order valence-electron chi connectivity index (χ0n) is 11.6. The Labute approximate surface area is 118 Å². The van der Waals surface area contributed by atoms with Gasteiger partial charge in [-0.05, 0) is 38.0 Å². The zero-order chi connectivity index (χ0) is 14.4. The van der Waals surface area contributed by atoms with E-state index in [1.54, 1.807) is 36.1 Å². The van der Waals surface area contributed by atoms with Gasteiger partial charge in [-0.25, -0.2) is 4.79 Å². The second-order valence-corrected chi connectivity index (χ2v) is 4.76. The van der Waals surface area contributed by atoms with E-state index in [9.17, 15) is 9.59 Å². The summed E-state index contributed by atoms with van der Waals surface area (Å²) in [6.07, 6.45) is 1.60. The van der Waals surface area contributed by atoms with Crippen molar-refractivity contribution in [2.75, 3.05) is 25.0 Å². The van der Waals surface area contributed by atoms with Gasteiger partial charge < -0.3 is 15.0 Å². The molecule has 1 atom stereocenters. The summed E-state index contributed by atoms with van der Waals surface area (Å²) in [5.41, 5.74) is 0.729. The Balaban J connectivity index is 1.91. The first-order chi connectivity index (χ1) is 9.70. The third-order valence-corrected chi connectivity index (χ3v) is 3.30. The van der Waals surface area contributed by atoms with Gasteiger partial charge in [0.05, 0.1) is 12.5 Å². The van der Waals surface area contributed by atoms with Gasteiger partial charge in [-0.3, -0.25) is 4.79 Å². The number of urea groups is 1. The Bertz CT molecular complexity index is 461. The van der Waals surface area contributed by atoms with E-state index < -0.39 is 0 Å². The van der Waals surface area contributed by atoms with Crippen molar-refractivity contribution in [2.45, 2.75) is 19.8 Å². The van der Waals surface area contributed by atoms with Crippen LogP contribution in [-0.2, 0) is 9.53 Å². The van der Waals surface area contributed by atoms with Gasteiger partial charge in [-0.1, -0.05) is 12.1 Å². The molecule has 2 rings (SSSR count). The summed E-state index contributed by atoms with van der Waals surface area (Å²) in [6.45, 7) is 3.25. The first kappa shape index (κ1) is 14.4. The van der Waals surface area contributed by atoms with Crippen LogP contribution in [0.3, 0.4) is 0 Å². The van der Waals surface area contributed by atoms with Crippen LogP contribution in [0.1, 0.15) is 19.8 Å². The number of anilines is 1. The molecule has 1 aromatic carbocycles. The first-order valence-electron chi connectivity index (χ1n) is 6.89. The van der Waals surface area contributed by atoms with Crippen molar-refractivity contribution in [1.29, 1.82) is 0 Å². The van der Waals surface area contributed by atoms with Crippen molar-refractivity contribution < 1.29 is 14.3 Å². The monoisotopic (exact) mass is 275 g/mol. The molecule has 5 heteroatoms. The topological polar surface area (TPSA) is 58.6 Å². The molecule has 1 aliphatic rings. The third-order valence-electron chi connectivity index (χ3n) is 3.30. The molecule has 2 amide bonds. The third kappa shape index (κ3) is 3.73. The highest BCUT2D eigenvalue weighted by atomic mass is 16.5. The standard InChI is InChI=1S/C15H19N2O3/c1-2-20-14(18)12-7-6-10-17(11-12)15(19)16-13-8-4-3-5-9-13/h4-5,8-9,12H,2,6-7,10-11H2,1H3,(H,16,19). The van der Waals surface area contributed by atoms with Gasteiger partial charge in [-0.15, -0.1) is 0 Å². The minimum absolute atomic E-state index is 0.176. The minimum atomic E-state index is -0.210. The van der Waals surface area contributed by atoms with Crippen LogP contribution in [0.2, 0.25) is 0 Å². The number of hydrogen-bond acceptors (Lipinski definition) is 3. The number of rotatable bonds is 3. The number of hydrogen-bond donors (Lipinski definition) is 1. The lowest BCUT2D eigenvalue weighted by Crippen LogP contribution is -2.44. The molecule has 1 unspecified atom stereocenters. The summed E-state index contributed by atoms with van der Waals surface area (Å²) in [5, 5.41) is 2.82. The molecule has 5 nitrogen and oxygen atoms in total. The van der Waals surface area contributed by atoms with Crippen molar-refractivity contribution in [3.8, 4) is 0 Å². The van der Waals surface area contributed by atoms with Gasteiger partial charge in [0.1, 0.15) is 0 Å². The number of benzene rings is 1. The van der Waals surface area contributed by atoms with Crippen LogP contribution >= 0.6 is 0 Å². The van der Waals surface area contributed by atoms with E-state index in [4.69, 9.17) is 4.74 Å². The summed E-state index contributed by atoms with van der Waals surface area (Å²) in [4.78, 5) is 25.6. The predicted molar refractivity (Wildman–Crippen MR) is 75.2 cm³/mol. The van der Waals surface area contributed by atoms with E-state index in [0.29, 0.717) is 19.7 Å². The fourth-order valence-corrected chi connectivity index (χ4v) is 2.29. The van der Waals surface area contributed by atoms with Crippen molar-refractivity contribution >= 4 is 17.7 Å². The molecule has 0 aromatic heterocycles. The number of piperidine rings is 1. The molecule has 1 aliphatic heterocycles. The maximum atomic E-state index is 12.1. The van der Waals surface area contributed by atoms with Gasteiger partial charge in [0.2, 0.25) is 0 Å². The highest BCUT2D eigenvalue weighted by Crippen LogP contribution is 2.19. The zero-order valence-corrected chi connectivity index (χ0v) is 11.6. The Morgan fingerprint density at radius 2 is 2.20 bits per heavy atom. The predicted octanol–water partition coefficient (Wildman–Crippen LogP) is 2.29. The molecule has 0 spiro atoms. The van der Waals surface area contributed by atoms with Crippen LogP contribution in [0.5, 0.6) is 0 Å². The van der Waals surface area contributed by atoms with Gasteiger partial charge >= 0.3 is 12.0 Å². The van der Waals surface area contributed by atoms with Crippen LogP contribution < -0.4 is 5.32 Å². The largest absolute Gasteiger partial charge is 0.466 e. The van der Waals surface area contributed by atoms with Crippen LogP contribution in [0.4, 0.5) is 10.5 Å². The molecule has 1 aromatic rings. The molecule has 107 valence electrons. The minimum Gasteiger partial charge on any atom is -0.466 e. The number of carbonyl (C=O) groups excluding carboxylic acids is 2. The average Bonchev–Trinajstić information content (AvgIpc) is 2.48. The van der Waals surface area contributed by atoms with Gasteiger partial charge in [0.25, 0.3) is 0 Å². The lowest BCUT2D eigenvalue weighted by Gasteiger charge is -2.31. The number of nitrogens with zero attached hydrogens (tertiary/aromatic N) is 1.